The third-order valence-corrected chi connectivity index (χ3v) is 5.80. The molecule has 24 heavy (non-hydrogen) atoms. The van der Waals surface area contributed by atoms with Gasteiger partial charge in [0.15, 0.2) is 5.13 Å². The van der Waals surface area contributed by atoms with Crippen LogP contribution < -0.4 is 5.32 Å². The van der Waals surface area contributed by atoms with Gasteiger partial charge in [-0.15, -0.1) is 34.0 Å². The van der Waals surface area contributed by atoms with Crippen LogP contribution in [0.15, 0.2) is 58.6 Å². The lowest BCUT2D eigenvalue weighted by molar-refractivity contribution is 0.102. The molecule has 0 bridgehead atoms. The van der Waals surface area contributed by atoms with Crippen LogP contribution in [0.3, 0.4) is 0 Å². The molecule has 118 valence electrons. The number of hydrogen-bond donors (Lipinski definition) is 1. The Morgan fingerprint density at radius 3 is 2.58 bits per heavy atom. The number of hydrogen-bond acceptors (Lipinski definition) is 6. The SMILES string of the molecule is O=C(Nc1nc(-c2cccs2)cs1)c1csc(-c2ccccc2)n1. The zero-order valence-corrected chi connectivity index (χ0v) is 14.8. The number of benzene rings is 1. The van der Waals surface area contributed by atoms with Gasteiger partial charge >= 0.3 is 0 Å². The van der Waals surface area contributed by atoms with Crippen molar-refractivity contribution < 1.29 is 4.79 Å². The molecule has 0 spiro atoms. The van der Waals surface area contributed by atoms with Gasteiger partial charge in [-0.05, 0) is 11.4 Å². The van der Waals surface area contributed by atoms with E-state index in [4.69, 9.17) is 0 Å². The van der Waals surface area contributed by atoms with Gasteiger partial charge in [0, 0.05) is 16.3 Å². The number of rotatable bonds is 4. The molecule has 4 nitrogen and oxygen atoms in total. The first kappa shape index (κ1) is 15.2. The molecule has 0 unspecified atom stereocenters. The van der Waals surface area contributed by atoms with Crippen molar-refractivity contribution in [2.45, 2.75) is 0 Å². The maximum atomic E-state index is 12.4. The van der Waals surface area contributed by atoms with E-state index in [-0.39, 0.29) is 5.91 Å². The fourth-order valence-electron chi connectivity index (χ4n) is 2.12. The van der Waals surface area contributed by atoms with Gasteiger partial charge in [0.1, 0.15) is 10.7 Å². The molecule has 4 aromatic rings. The zero-order chi connectivity index (χ0) is 16.4. The number of thiazole rings is 2. The van der Waals surface area contributed by atoms with Crippen LogP contribution >= 0.6 is 34.0 Å². The number of nitrogens with one attached hydrogen (secondary N) is 1. The summed E-state index contributed by atoms with van der Waals surface area (Å²) in [7, 11) is 0. The van der Waals surface area contributed by atoms with Gasteiger partial charge in [0.05, 0.1) is 10.6 Å². The lowest BCUT2D eigenvalue weighted by atomic mass is 10.2. The van der Waals surface area contributed by atoms with E-state index in [9.17, 15) is 4.79 Å². The fraction of sp³-hybridized carbons (Fsp3) is 0. The summed E-state index contributed by atoms with van der Waals surface area (Å²) in [6, 6.07) is 13.8. The molecule has 0 aliphatic rings. The summed E-state index contributed by atoms with van der Waals surface area (Å²) < 4.78 is 0. The summed E-state index contributed by atoms with van der Waals surface area (Å²) in [5.41, 5.74) is 2.30. The third kappa shape index (κ3) is 3.14. The van der Waals surface area contributed by atoms with Crippen LogP contribution in [0, 0.1) is 0 Å². The first-order valence-electron chi connectivity index (χ1n) is 7.11. The summed E-state index contributed by atoms with van der Waals surface area (Å²) in [6.07, 6.45) is 0. The van der Waals surface area contributed by atoms with Crippen molar-refractivity contribution in [3.8, 4) is 21.1 Å². The van der Waals surface area contributed by atoms with Crippen molar-refractivity contribution in [3.63, 3.8) is 0 Å². The molecule has 3 heterocycles. The average Bonchev–Trinajstić information content (AvgIpc) is 3.36. The molecule has 0 atom stereocenters. The van der Waals surface area contributed by atoms with Gasteiger partial charge in [-0.1, -0.05) is 36.4 Å². The zero-order valence-electron chi connectivity index (χ0n) is 12.3. The van der Waals surface area contributed by atoms with Crippen molar-refractivity contribution in [1.82, 2.24) is 9.97 Å². The van der Waals surface area contributed by atoms with Gasteiger partial charge in [-0.3, -0.25) is 10.1 Å². The van der Waals surface area contributed by atoms with Gasteiger partial charge in [0.25, 0.3) is 5.91 Å². The Labute approximate surface area is 150 Å². The second-order valence-electron chi connectivity index (χ2n) is 4.87. The van der Waals surface area contributed by atoms with E-state index in [1.807, 2.05) is 53.2 Å². The predicted octanol–water partition coefficient (Wildman–Crippen LogP) is 5.25. The number of aromatic nitrogens is 2. The first-order valence-corrected chi connectivity index (χ1v) is 9.75. The van der Waals surface area contributed by atoms with E-state index in [1.165, 1.54) is 22.7 Å². The number of carbonyl (C=O) groups is 1. The van der Waals surface area contributed by atoms with Crippen LogP contribution in [-0.4, -0.2) is 15.9 Å². The maximum Gasteiger partial charge on any atom is 0.276 e. The Bertz CT molecular complexity index is 958. The number of amides is 1. The molecule has 0 aliphatic heterocycles. The van der Waals surface area contributed by atoms with E-state index < -0.39 is 0 Å². The van der Waals surface area contributed by atoms with Crippen molar-refractivity contribution in [1.29, 1.82) is 0 Å². The van der Waals surface area contributed by atoms with Crippen LogP contribution in [-0.2, 0) is 0 Å². The molecule has 7 heteroatoms. The quantitative estimate of drug-likeness (QED) is 0.535. The molecule has 0 saturated carbocycles. The lowest BCUT2D eigenvalue weighted by Gasteiger charge is -1.98. The molecule has 1 N–H and O–H groups in total. The van der Waals surface area contributed by atoms with E-state index in [1.54, 1.807) is 16.7 Å². The third-order valence-electron chi connectivity index (χ3n) is 3.26. The van der Waals surface area contributed by atoms with Gasteiger partial charge in [0.2, 0.25) is 0 Å². The van der Waals surface area contributed by atoms with Gasteiger partial charge in [-0.2, -0.15) is 0 Å². The summed E-state index contributed by atoms with van der Waals surface area (Å²) in [4.78, 5) is 22.3. The van der Waals surface area contributed by atoms with Crippen molar-refractivity contribution in [2.75, 3.05) is 5.32 Å². The number of nitrogens with zero attached hydrogens (tertiary/aromatic N) is 2. The molecule has 0 aliphatic carbocycles. The molecule has 1 amide bonds. The van der Waals surface area contributed by atoms with E-state index >= 15 is 0 Å². The number of anilines is 1. The Hall–Kier alpha value is -2.35. The molecular formula is C17H11N3OS3. The van der Waals surface area contributed by atoms with E-state index in [0.29, 0.717) is 10.8 Å². The Morgan fingerprint density at radius 2 is 1.79 bits per heavy atom. The Balaban J connectivity index is 1.50. The maximum absolute atomic E-state index is 12.4. The minimum Gasteiger partial charge on any atom is -0.296 e. The minimum absolute atomic E-state index is 0.236. The van der Waals surface area contributed by atoms with Crippen LogP contribution in [0.25, 0.3) is 21.1 Å². The normalized spacial score (nSPS) is 10.7. The highest BCUT2D eigenvalue weighted by molar-refractivity contribution is 7.16. The number of carbonyl (C=O) groups excluding carboxylic acids is 1. The van der Waals surface area contributed by atoms with Crippen LogP contribution in [0.1, 0.15) is 10.5 Å². The summed E-state index contributed by atoms with van der Waals surface area (Å²) >= 11 is 4.50. The van der Waals surface area contributed by atoms with Crippen LogP contribution in [0.4, 0.5) is 5.13 Å². The second-order valence-corrected chi connectivity index (χ2v) is 7.54. The lowest BCUT2D eigenvalue weighted by Crippen LogP contribution is -2.12. The fourth-order valence-corrected chi connectivity index (χ4v) is 4.39. The molecule has 0 fully saturated rings. The molecule has 1 aromatic carbocycles. The molecule has 4 rings (SSSR count). The largest absolute Gasteiger partial charge is 0.296 e. The molecular weight excluding hydrogens is 358 g/mol. The predicted molar refractivity (Wildman–Crippen MR) is 101 cm³/mol. The van der Waals surface area contributed by atoms with Crippen molar-refractivity contribution in [3.05, 3.63) is 64.3 Å². The van der Waals surface area contributed by atoms with Crippen LogP contribution in [0.5, 0.6) is 0 Å². The standard InChI is InChI=1S/C17H11N3OS3/c21-15(13-10-23-16(18-13)11-5-2-1-3-6-11)20-17-19-12(9-24-17)14-7-4-8-22-14/h1-10H,(H,19,20,21). The summed E-state index contributed by atoms with van der Waals surface area (Å²) in [5.74, 6) is -0.236. The molecule has 0 saturated heterocycles. The highest BCUT2D eigenvalue weighted by Crippen LogP contribution is 2.29. The smallest absolute Gasteiger partial charge is 0.276 e. The van der Waals surface area contributed by atoms with E-state index in [2.05, 4.69) is 15.3 Å². The highest BCUT2D eigenvalue weighted by Gasteiger charge is 2.14. The monoisotopic (exact) mass is 369 g/mol. The van der Waals surface area contributed by atoms with Crippen molar-refractivity contribution >= 4 is 45.0 Å². The Kier molecular flexibility index (Phi) is 4.20. The number of thiophene rings is 1. The van der Waals surface area contributed by atoms with Gasteiger partial charge in [-0.25, -0.2) is 9.97 Å². The molecule has 3 aromatic heterocycles. The second kappa shape index (κ2) is 6.64. The summed E-state index contributed by atoms with van der Waals surface area (Å²) in [5, 5.41) is 9.96. The summed E-state index contributed by atoms with van der Waals surface area (Å²) in [6.45, 7) is 0. The topological polar surface area (TPSA) is 54.9 Å². The Morgan fingerprint density at radius 1 is 0.917 bits per heavy atom. The highest BCUT2D eigenvalue weighted by atomic mass is 32.1. The first-order chi connectivity index (χ1) is 11.8. The minimum atomic E-state index is -0.236. The molecule has 0 radical (unpaired) electrons. The van der Waals surface area contributed by atoms with Gasteiger partial charge < -0.3 is 0 Å². The van der Waals surface area contributed by atoms with E-state index in [0.717, 1.165) is 21.1 Å². The van der Waals surface area contributed by atoms with Crippen LogP contribution in [0.2, 0.25) is 0 Å². The average molecular weight is 369 g/mol. The van der Waals surface area contributed by atoms with Crippen molar-refractivity contribution in [2.24, 2.45) is 0 Å².